The van der Waals surface area contributed by atoms with Crippen molar-refractivity contribution in [3.63, 3.8) is 0 Å². The third-order valence-corrected chi connectivity index (χ3v) is 8.60. The number of esters is 2. The van der Waals surface area contributed by atoms with Gasteiger partial charge < -0.3 is 9.47 Å². The molecule has 0 aliphatic heterocycles. The molecule has 4 aliphatic carbocycles. The van der Waals surface area contributed by atoms with Gasteiger partial charge in [-0.1, -0.05) is 39.5 Å². The fourth-order valence-corrected chi connectivity index (χ4v) is 7.70. The normalized spacial score (nSPS) is 45.7. The maximum Gasteiger partial charge on any atom is 0.342 e. The first kappa shape index (κ1) is 16.1. The largest absolute Gasteiger partial charge is 0.458 e. The van der Waals surface area contributed by atoms with Crippen LogP contribution in [-0.4, -0.2) is 18.0 Å². The summed E-state index contributed by atoms with van der Waals surface area (Å²) < 4.78 is 11.3. The first-order valence-electron chi connectivity index (χ1n) is 9.33. The molecule has 0 N–H and O–H groups in total. The van der Waals surface area contributed by atoms with Crippen LogP contribution in [0.1, 0.15) is 50.9 Å². The van der Waals surface area contributed by atoms with Crippen LogP contribution in [0.2, 0.25) is 0 Å². The molecule has 26 heavy (non-hydrogen) atoms. The smallest absolute Gasteiger partial charge is 0.342 e. The van der Waals surface area contributed by atoms with Crippen LogP contribution < -0.4 is 4.74 Å². The van der Waals surface area contributed by atoms with Gasteiger partial charge in [-0.15, -0.1) is 0 Å². The molecule has 4 nitrogen and oxygen atoms in total. The zero-order chi connectivity index (χ0) is 18.7. The highest BCUT2D eigenvalue weighted by Gasteiger charge is 3.13. The predicted molar refractivity (Wildman–Crippen MR) is 95.6 cm³/mol. The Balaban J connectivity index is 1.35. The van der Waals surface area contributed by atoms with E-state index in [1.54, 1.807) is 31.2 Å². The topological polar surface area (TPSA) is 52.6 Å². The fraction of sp³-hybridized carbons (Fsp3) is 0.545. The molecule has 0 heterocycles. The Labute approximate surface area is 153 Å². The molecule has 0 bridgehead atoms. The molecular formula is C22H24O4. The number of carbonyl (C=O) groups excluding carboxylic acids is 2. The second kappa shape index (κ2) is 4.24. The van der Waals surface area contributed by atoms with E-state index < -0.39 is 11.9 Å². The fourth-order valence-electron chi connectivity index (χ4n) is 7.70. The molecule has 1 aromatic carbocycles. The highest BCUT2D eigenvalue weighted by Crippen LogP contribution is 3.15. The number of carbonyl (C=O) groups is 2. The quantitative estimate of drug-likeness (QED) is 0.464. The van der Waals surface area contributed by atoms with E-state index in [1.807, 2.05) is 0 Å². The van der Waals surface area contributed by atoms with E-state index in [2.05, 4.69) is 27.4 Å². The molecule has 5 rings (SSSR count). The van der Waals surface area contributed by atoms with Crippen LogP contribution in [0.25, 0.3) is 0 Å². The Kier molecular flexibility index (Phi) is 2.63. The first-order chi connectivity index (χ1) is 12.1. The lowest BCUT2D eigenvalue weighted by Crippen LogP contribution is -2.48. The summed E-state index contributed by atoms with van der Waals surface area (Å²) in [7, 11) is 0. The lowest BCUT2D eigenvalue weighted by atomic mass is 9.55. The van der Waals surface area contributed by atoms with Gasteiger partial charge in [-0.05, 0) is 54.1 Å². The lowest BCUT2D eigenvalue weighted by molar-refractivity contribution is -0.130. The number of fused-ring (bicyclic) bond motifs is 2. The molecule has 6 unspecified atom stereocenters. The molecule has 1 spiro atoms. The van der Waals surface area contributed by atoms with E-state index in [9.17, 15) is 9.59 Å². The molecule has 4 fully saturated rings. The van der Waals surface area contributed by atoms with Crippen molar-refractivity contribution in [3.05, 3.63) is 42.0 Å². The lowest BCUT2D eigenvalue weighted by Gasteiger charge is -2.50. The molecule has 0 radical (unpaired) electrons. The van der Waals surface area contributed by atoms with E-state index in [1.165, 1.54) is 0 Å². The number of para-hydroxylation sites is 1. The van der Waals surface area contributed by atoms with Crippen LogP contribution in [0.4, 0.5) is 0 Å². The summed E-state index contributed by atoms with van der Waals surface area (Å²) in [5.74, 6) is -0.0172. The molecule has 4 saturated carbocycles. The van der Waals surface area contributed by atoms with Crippen molar-refractivity contribution in [2.24, 2.45) is 27.6 Å². The van der Waals surface area contributed by atoms with Gasteiger partial charge in [-0.25, -0.2) is 9.59 Å². The van der Waals surface area contributed by atoms with E-state index in [0.717, 1.165) is 12.8 Å². The minimum absolute atomic E-state index is 0.0476. The Morgan fingerprint density at radius 2 is 1.88 bits per heavy atom. The molecule has 4 aliphatic rings. The SMILES string of the molecule is C=C(C)C(=O)Oc1ccccc1C(=O)OC1CC2C3(C)C4(C)CC1(C)C243. The maximum atomic E-state index is 12.8. The van der Waals surface area contributed by atoms with Crippen molar-refractivity contribution in [1.82, 2.24) is 0 Å². The van der Waals surface area contributed by atoms with Crippen LogP contribution in [0.15, 0.2) is 36.4 Å². The number of rotatable bonds is 4. The Morgan fingerprint density at radius 3 is 2.50 bits per heavy atom. The average molecular weight is 352 g/mol. The molecule has 0 amide bonds. The third kappa shape index (κ3) is 1.33. The van der Waals surface area contributed by atoms with Gasteiger partial charge in [0.05, 0.1) is 0 Å². The highest BCUT2D eigenvalue weighted by molar-refractivity contribution is 5.95. The second-order valence-corrected chi connectivity index (χ2v) is 9.28. The number of benzene rings is 1. The molecule has 1 aromatic rings. The molecular weight excluding hydrogens is 328 g/mol. The van der Waals surface area contributed by atoms with Gasteiger partial charge in [0.2, 0.25) is 0 Å². The second-order valence-electron chi connectivity index (χ2n) is 9.28. The molecule has 6 atom stereocenters. The predicted octanol–water partition coefficient (Wildman–Crippen LogP) is 4.15. The van der Waals surface area contributed by atoms with Gasteiger partial charge in [0.25, 0.3) is 0 Å². The van der Waals surface area contributed by atoms with Crippen molar-refractivity contribution < 1.29 is 19.1 Å². The van der Waals surface area contributed by atoms with Crippen LogP contribution in [-0.2, 0) is 9.53 Å². The Hall–Kier alpha value is -2.10. The molecule has 0 aromatic heterocycles. The van der Waals surface area contributed by atoms with Crippen molar-refractivity contribution in [2.75, 3.05) is 0 Å². The van der Waals surface area contributed by atoms with Crippen LogP contribution in [0.5, 0.6) is 5.75 Å². The monoisotopic (exact) mass is 352 g/mol. The van der Waals surface area contributed by atoms with E-state index in [4.69, 9.17) is 9.47 Å². The van der Waals surface area contributed by atoms with Crippen molar-refractivity contribution in [3.8, 4) is 5.75 Å². The summed E-state index contributed by atoms with van der Waals surface area (Å²) in [5, 5.41) is 0. The molecule has 136 valence electrons. The summed E-state index contributed by atoms with van der Waals surface area (Å²) in [4.78, 5) is 24.7. The standard InChI is InChI=1S/C22H24O4/c1-12(2)17(23)25-14-9-7-6-8-13(14)18(24)26-16-10-15-21(5)20(4)11-19(16,3)22(15,20)21/h6-9,15-16H,1,10-11H2,2-5H3. The highest BCUT2D eigenvalue weighted by atomic mass is 16.6. The van der Waals surface area contributed by atoms with E-state index >= 15 is 0 Å². The van der Waals surface area contributed by atoms with E-state index in [-0.39, 0.29) is 22.8 Å². The summed E-state index contributed by atoms with van der Waals surface area (Å²) in [6.07, 6.45) is 2.05. The zero-order valence-corrected chi connectivity index (χ0v) is 15.7. The van der Waals surface area contributed by atoms with Gasteiger partial charge >= 0.3 is 11.9 Å². The first-order valence-corrected chi connectivity index (χ1v) is 9.33. The van der Waals surface area contributed by atoms with Crippen molar-refractivity contribution in [2.45, 2.75) is 46.6 Å². The minimum Gasteiger partial charge on any atom is -0.458 e. The van der Waals surface area contributed by atoms with Crippen molar-refractivity contribution >= 4 is 11.9 Å². The van der Waals surface area contributed by atoms with Crippen LogP contribution >= 0.6 is 0 Å². The zero-order valence-electron chi connectivity index (χ0n) is 15.7. The summed E-state index contributed by atoms with van der Waals surface area (Å²) in [5.41, 5.74) is 2.04. The molecule has 0 saturated heterocycles. The van der Waals surface area contributed by atoms with Crippen molar-refractivity contribution in [1.29, 1.82) is 0 Å². The maximum absolute atomic E-state index is 12.8. The number of ether oxygens (including phenoxy) is 2. The minimum atomic E-state index is -0.540. The number of hydrogen-bond acceptors (Lipinski definition) is 4. The third-order valence-electron chi connectivity index (χ3n) is 8.60. The van der Waals surface area contributed by atoms with Gasteiger partial charge in [0.15, 0.2) is 0 Å². The Bertz CT molecular complexity index is 903. The summed E-state index contributed by atoms with van der Waals surface area (Å²) in [6.45, 7) is 12.2. The molecule has 4 heteroatoms. The van der Waals surface area contributed by atoms with E-state index in [0.29, 0.717) is 27.7 Å². The van der Waals surface area contributed by atoms with Gasteiger partial charge in [-0.3, -0.25) is 0 Å². The van der Waals surface area contributed by atoms with Crippen LogP contribution in [0, 0.1) is 27.6 Å². The van der Waals surface area contributed by atoms with Gasteiger partial charge in [0.1, 0.15) is 17.4 Å². The Morgan fingerprint density at radius 1 is 1.19 bits per heavy atom. The average Bonchev–Trinajstić information content (AvgIpc) is 3.27. The van der Waals surface area contributed by atoms with Crippen LogP contribution in [0.3, 0.4) is 0 Å². The van der Waals surface area contributed by atoms with Gasteiger partial charge in [0, 0.05) is 11.0 Å². The van der Waals surface area contributed by atoms with Gasteiger partial charge in [-0.2, -0.15) is 0 Å². The summed E-state index contributed by atoms with van der Waals surface area (Å²) in [6, 6.07) is 6.74. The number of hydrogen-bond donors (Lipinski definition) is 0. The summed E-state index contributed by atoms with van der Waals surface area (Å²) >= 11 is 0.